The summed E-state index contributed by atoms with van der Waals surface area (Å²) >= 11 is 0. The van der Waals surface area contributed by atoms with E-state index in [-0.39, 0.29) is 5.41 Å². The van der Waals surface area contributed by atoms with Crippen LogP contribution in [0.15, 0.2) is 84.9 Å². The van der Waals surface area contributed by atoms with Crippen LogP contribution in [-0.4, -0.2) is 7.11 Å². The Kier molecular flexibility index (Phi) is 3.42. The zero-order chi connectivity index (χ0) is 15.7. The molecule has 4 rings (SSSR count). The molecule has 1 heteroatoms. The molecule has 0 aromatic heterocycles. The van der Waals surface area contributed by atoms with Crippen molar-refractivity contribution in [3.8, 4) is 5.75 Å². The van der Waals surface area contributed by atoms with Gasteiger partial charge in [0, 0.05) is 11.3 Å². The number of ether oxygens (including phenoxy) is 1. The van der Waals surface area contributed by atoms with Crippen LogP contribution in [0.2, 0.25) is 0 Å². The molecular weight excluding hydrogens is 280 g/mol. The fourth-order valence-electron chi connectivity index (χ4n) is 3.87. The largest absolute Gasteiger partial charge is 0.496 e. The van der Waals surface area contributed by atoms with Crippen LogP contribution in [-0.2, 0) is 5.41 Å². The summed E-state index contributed by atoms with van der Waals surface area (Å²) in [6, 6.07) is 30.1. The third-order valence-electron chi connectivity index (χ3n) is 5.05. The van der Waals surface area contributed by atoms with E-state index in [1.54, 1.807) is 7.11 Å². The topological polar surface area (TPSA) is 9.23 Å². The summed E-state index contributed by atoms with van der Waals surface area (Å²) < 4.78 is 5.61. The first-order valence-corrected chi connectivity index (χ1v) is 8.10. The summed E-state index contributed by atoms with van der Waals surface area (Å²) in [4.78, 5) is 0. The van der Waals surface area contributed by atoms with Gasteiger partial charge in [-0.05, 0) is 29.2 Å². The molecule has 0 heterocycles. The van der Waals surface area contributed by atoms with Crippen molar-refractivity contribution in [3.05, 3.63) is 102 Å². The van der Waals surface area contributed by atoms with Crippen molar-refractivity contribution in [1.82, 2.24) is 0 Å². The lowest BCUT2D eigenvalue weighted by Gasteiger charge is -2.20. The molecule has 1 saturated carbocycles. The standard InChI is InChI=1S/C22H20O/c1-23-21-15-9-8-14-19(21)20-16-22(20,17-10-4-2-5-11-17)18-12-6-3-7-13-18/h2-15,20H,16H2,1H3/t20-/m0/s1. The number of benzene rings is 3. The number of hydrogen-bond acceptors (Lipinski definition) is 1. The average molecular weight is 300 g/mol. The van der Waals surface area contributed by atoms with Crippen molar-refractivity contribution in [2.45, 2.75) is 17.8 Å². The molecule has 0 amide bonds. The number of methoxy groups -OCH3 is 1. The van der Waals surface area contributed by atoms with Gasteiger partial charge in [-0.15, -0.1) is 0 Å². The van der Waals surface area contributed by atoms with Gasteiger partial charge in [0.15, 0.2) is 0 Å². The highest BCUT2D eigenvalue weighted by Crippen LogP contribution is 2.65. The summed E-state index contributed by atoms with van der Waals surface area (Å²) in [6.45, 7) is 0. The highest BCUT2D eigenvalue weighted by molar-refractivity contribution is 5.55. The smallest absolute Gasteiger partial charge is 0.122 e. The van der Waals surface area contributed by atoms with Crippen molar-refractivity contribution >= 4 is 0 Å². The molecule has 114 valence electrons. The summed E-state index contributed by atoms with van der Waals surface area (Å²) in [7, 11) is 1.76. The maximum atomic E-state index is 5.61. The maximum Gasteiger partial charge on any atom is 0.122 e. The third kappa shape index (κ3) is 2.24. The molecule has 0 aliphatic heterocycles. The van der Waals surface area contributed by atoms with Crippen LogP contribution >= 0.6 is 0 Å². The van der Waals surface area contributed by atoms with Crippen molar-refractivity contribution in [1.29, 1.82) is 0 Å². The van der Waals surface area contributed by atoms with Gasteiger partial charge in [0.05, 0.1) is 7.11 Å². The fraction of sp³-hybridized carbons (Fsp3) is 0.182. The van der Waals surface area contributed by atoms with Gasteiger partial charge in [-0.3, -0.25) is 0 Å². The van der Waals surface area contributed by atoms with Crippen LogP contribution in [0, 0.1) is 0 Å². The Morgan fingerprint density at radius 3 is 1.83 bits per heavy atom. The second-order valence-electron chi connectivity index (χ2n) is 6.20. The molecule has 23 heavy (non-hydrogen) atoms. The minimum Gasteiger partial charge on any atom is -0.496 e. The molecule has 0 saturated heterocycles. The molecular formula is C22H20O. The lowest BCUT2D eigenvalue weighted by atomic mass is 9.84. The van der Waals surface area contributed by atoms with Crippen molar-refractivity contribution < 1.29 is 4.74 Å². The quantitative estimate of drug-likeness (QED) is 0.646. The van der Waals surface area contributed by atoms with Gasteiger partial charge in [0.25, 0.3) is 0 Å². The van der Waals surface area contributed by atoms with Crippen LogP contribution in [0.3, 0.4) is 0 Å². The van der Waals surface area contributed by atoms with Gasteiger partial charge >= 0.3 is 0 Å². The molecule has 1 aliphatic rings. The Bertz CT molecular complexity index is 753. The zero-order valence-electron chi connectivity index (χ0n) is 13.3. The minimum absolute atomic E-state index is 0.0666. The molecule has 1 nitrogen and oxygen atoms in total. The predicted octanol–water partition coefficient (Wildman–Crippen LogP) is 5.17. The normalized spacial score (nSPS) is 18.4. The molecule has 3 aromatic rings. The van der Waals surface area contributed by atoms with Crippen molar-refractivity contribution in [3.63, 3.8) is 0 Å². The van der Waals surface area contributed by atoms with E-state index >= 15 is 0 Å². The molecule has 1 atom stereocenters. The van der Waals surface area contributed by atoms with Gasteiger partial charge in [0.1, 0.15) is 5.75 Å². The summed E-state index contributed by atoms with van der Waals surface area (Å²) in [5, 5.41) is 0. The van der Waals surface area contributed by atoms with Crippen LogP contribution in [0.5, 0.6) is 5.75 Å². The lowest BCUT2D eigenvalue weighted by Crippen LogP contribution is -2.12. The van der Waals surface area contributed by atoms with Crippen LogP contribution < -0.4 is 4.74 Å². The van der Waals surface area contributed by atoms with E-state index in [2.05, 4.69) is 78.9 Å². The highest BCUT2D eigenvalue weighted by Gasteiger charge is 2.57. The van der Waals surface area contributed by atoms with Crippen LogP contribution in [0.25, 0.3) is 0 Å². The molecule has 0 bridgehead atoms. The van der Waals surface area contributed by atoms with Crippen molar-refractivity contribution in [2.75, 3.05) is 7.11 Å². The number of para-hydroxylation sites is 1. The first kappa shape index (κ1) is 14.1. The Hall–Kier alpha value is -2.54. The molecule has 1 aliphatic carbocycles. The van der Waals surface area contributed by atoms with Crippen molar-refractivity contribution in [2.24, 2.45) is 0 Å². The Morgan fingerprint density at radius 1 is 0.739 bits per heavy atom. The Labute approximate surface area is 137 Å². The van der Waals surface area contributed by atoms with E-state index in [1.807, 2.05) is 6.07 Å². The predicted molar refractivity (Wildman–Crippen MR) is 94.0 cm³/mol. The van der Waals surface area contributed by atoms with Crippen LogP contribution in [0.4, 0.5) is 0 Å². The lowest BCUT2D eigenvalue weighted by molar-refractivity contribution is 0.409. The second-order valence-corrected chi connectivity index (χ2v) is 6.20. The third-order valence-corrected chi connectivity index (χ3v) is 5.05. The van der Waals surface area contributed by atoms with E-state index < -0.39 is 0 Å². The minimum atomic E-state index is 0.0666. The molecule has 0 radical (unpaired) electrons. The average Bonchev–Trinajstić information content (AvgIpc) is 3.40. The van der Waals surface area contributed by atoms with Gasteiger partial charge < -0.3 is 4.74 Å². The summed E-state index contributed by atoms with van der Waals surface area (Å²) in [5.74, 6) is 1.45. The Morgan fingerprint density at radius 2 is 1.26 bits per heavy atom. The fourth-order valence-corrected chi connectivity index (χ4v) is 3.87. The summed E-state index contributed by atoms with van der Waals surface area (Å²) in [5.41, 5.74) is 4.16. The molecule has 0 spiro atoms. The van der Waals surface area contributed by atoms with Gasteiger partial charge in [-0.25, -0.2) is 0 Å². The van der Waals surface area contributed by atoms with E-state index in [1.165, 1.54) is 16.7 Å². The maximum absolute atomic E-state index is 5.61. The Balaban J connectivity index is 1.85. The van der Waals surface area contributed by atoms with E-state index in [9.17, 15) is 0 Å². The number of rotatable bonds is 4. The molecule has 0 N–H and O–H groups in total. The molecule has 0 unspecified atom stereocenters. The molecule has 1 fully saturated rings. The van der Waals surface area contributed by atoms with Crippen LogP contribution in [0.1, 0.15) is 29.0 Å². The SMILES string of the molecule is COc1ccccc1[C@@H]1CC1(c1ccccc1)c1ccccc1. The first-order chi connectivity index (χ1) is 11.4. The van der Waals surface area contributed by atoms with Gasteiger partial charge in [-0.2, -0.15) is 0 Å². The van der Waals surface area contributed by atoms with Gasteiger partial charge in [0.2, 0.25) is 0 Å². The second kappa shape index (κ2) is 5.58. The van der Waals surface area contributed by atoms with E-state index in [0.717, 1.165) is 12.2 Å². The summed E-state index contributed by atoms with van der Waals surface area (Å²) in [6.07, 6.45) is 1.13. The van der Waals surface area contributed by atoms with E-state index in [4.69, 9.17) is 4.74 Å². The first-order valence-electron chi connectivity index (χ1n) is 8.10. The highest BCUT2D eigenvalue weighted by atomic mass is 16.5. The number of hydrogen-bond donors (Lipinski definition) is 0. The van der Waals surface area contributed by atoms with Gasteiger partial charge in [-0.1, -0.05) is 78.9 Å². The molecule has 3 aromatic carbocycles. The monoisotopic (exact) mass is 300 g/mol. The van der Waals surface area contributed by atoms with E-state index in [0.29, 0.717) is 5.92 Å². The zero-order valence-corrected chi connectivity index (χ0v) is 13.3.